The largest absolute Gasteiger partial charge is 0.482 e. The molecule has 0 bridgehead atoms. The first-order chi connectivity index (χ1) is 12.9. The van der Waals surface area contributed by atoms with Crippen LogP contribution >= 0.6 is 0 Å². The average molecular weight is 369 g/mol. The Morgan fingerprint density at radius 1 is 1.00 bits per heavy atom. The average Bonchev–Trinajstić information content (AvgIpc) is 2.67. The topological polar surface area (TPSA) is 64.6 Å². The maximum Gasteiger partial charge on any atom is 0.344 e. The normalized spacial score (nSPS) is 11.6. The monoisotopic (exact) mass is 369 g/mol. The van der Waals surface area contributed by atoms with E-state index >= 15 is 0 Å². The molecule has 5 heteroatoms. The lowest BCUT2D eigenvalue weighted by molar-refractivity contribution is -0.150. The summed E-state index contributed by atoms with van der Waals surface area (Å²) in [5, 5.41) is 2.82. The van der Waals surface area contributed by atoms with Crippen molar-refractivity contribution in [3.8, 4) is 5.75 Å². The van der Waals surface area contributed by atoms with Crippen LogP contribution in [0.5, 0.6) is 5.75 Å². The minimum Gasteiger partial charge on any atom is -0.482 e. The molecule has 0 fully saturated rings. The van der Waals surface area contributed by atoms with E-state index in [-0.39, 0.29) is 25.2 Å². The van der Waals surface area contributed by atoms with Gasteiger partial charge in [0.25, 0.3) is 5.91 Å². The molecule has 5 nitrogen and oxygen atoms in total. The molecule has 144 valence electrons. The van der Waals surface area contributed by atoms with E-state index in [2.05, 4.69) is 12.2 Å². The first-order valence-electron chi connectivity index (χ1n) is 9.13. The van der Waals surface area contributed by atoms with Crippen molar-refractivity contribution in [2.24, 2.45) is 0 Å². The lowest BCUT2D eigenvalue weighted by Crippen LogP contribution is -2.31. The molecule has 0 unspecified atom stereocenters. The SMILES string of the molecule is CCc1ccc([C@H](C)NC(=O)COC(=O)COc2ccc(C)c(C)c2)cc1. The van der Waals surface area contributed by atoms with Gasteiger partial charge in [0.2, 0.25) is 0 Å². The predicted octanol–water partition coefficient (Wildman–Crippen LogP) is 3.67. The number of carbonyl (C=O) groups is 2. The van der Waals surface area contributed by atoms with Crippen LogP contribution in [0.25, 0.3) is 0 Å². The van der Waals surface area contributed by atoms with Crippen molar-refractivity contribution in [3.63, 3.8) is 0 Å². The van der Waals surface area contributed by atoms with Gasteiger partial charge in [-0.05, 0) is 61.6 Å². The number of amides is 1. The number of esters is 1. The van der Waals surface area contributed by atoms with Crippen molar-refractivity contribution in [2.45, 2.75) is 40.2 Å². The highest BCUT2D eigenvalue weighted by Gasteiger charge is 2.12. The van der Waals surface area contributed by atoms with Crippen LogP contribution < -0.4 is 10.1 Å². The Morgan fingerprint density at radius 3 is 2.33 bits per heavy atom. The molecule has 0 aliphatic heterocycles. The third-order valence-electron chi connectivity index (χ3n) is 4.46. The van der Waals surface area contributed by atoms with Gasteiger partial charge in [-0.25, -0.2) is 4.79 Å². The molecule has 0 heterocycles. The molecular weight excluding hydrogens is 342 g/mol. The molecule has 1 atom stereocenters. The van der Waals surface area contributed by atoms with Crippen molar-refractivity contribution in [2.75, 3.05) is 13.2 Å². The zero-order valence-corrected chi connectivity index (χ0v) is 16.4. The summed E-state index contributed by atoms with van der Waals surface area (Å²) in [6.45, 7) is 7.41. The number of hydrogen-bond acceptors (Lipinski definition) is 4. The molecule has 0 radical (unpaired) electrons. The molecule has 2 aromatic rings. The molecule has 27 heavy (non-hydrogen) atoms. The lowest BCUT2D eigenvalue weighted by atomic mass is 10.1. The van der Waals surface area contributed by atoms with Crippen LogP contribution in [-0.4, -0.2) is 25.1 Å². The molecular formula is C22H27NO4. The Morgan fingerprint density at radius 2 is 1.70 bits per heavy atom. The molecule has 2 aromatic carbocycles. The standard InChI is InChI=1S/C22H27NO4/c1-5-18-7-9-19(10-8-18)17(4)23-21(24)13-27-22(25)14-26-20-11-6-15(2)16(3)12-20/h6-12,17H,5,13-14H2,1-4H3,(H,23,24)/t17-/m0/s1. The van der Waals surface area contributed by atoms with Crippen LogP contribution in [0, 0.1) is 13.8 Å². The van der Waals surface area contributed by atoms with Gasteiger partial charge in [0.05, 0.1) is 6.04 Å². The Bertz CT molecular complexity index is 783. The van der Waals surface area contributed by atoms with Gasteiger partial charge in [-0.15, -0.1) is 0 Å². The third-order valence-corrected chi connectivity index (χ3v) is 4.46. The molecule has 0 aliphatic carbocycles. The number of rotatable bonds is 8. The van der Waals surface area contributed by atoms with E-state index in [0.717, 1.165) is 23.1 Å². The van der Waals surface area contributed by atoms with E-state index < -0.39 is 5.97 Å². The summed E-state index contributed by atoms with van der Waals surface area (Å²) in [6, 6.07) is 13.5. The fraction of sp³-hybridized carbons (Fsp3) is 0.364. The van der Waals surface area contributed by atoms with E-state index in [0.29, 0.717) is 5.75 Å². The van der Waals surface area contributed by atoms with Gasteiger partial charge in [-0.2, -0.15) is 0 Å². The number of carbonyl (C=O) groups excluding carboxylic acids is 2. The van der Waals surface area contributed by atoms with E-state index in [9.17, 15) is 9.59 Å². The van der Waals surface area contributed by atoms with Crippen molar-refractivity contribution in [1.82, 2.24) is 5.32 Å². The summed E-state index contributed by atoms with van der Waals surface area (Å²) in [6.07, 6.45) is 0.973. The highest BCUT2D eigenvalue weighted by atomic mass is 16.6. The summed E-state index contributed by atoms with van der Waals surface area (Å²) in [7, 11) is 0. The van der Waals surface area contributed by atoms with Gasteiger partial charge in [0.1, 0.15) is 5.75 Å². The minimum atomic E-state index is -0.580. The van der Waals surface area contributed by atoms with Gasteiger partial charge < -0.3 is 14.8 Å². The fourth-order valence-corrected chi connectivity index (χ4v) is 2.54. The molecule has 1 N–H and O–H groups in total. The van der Waals surface area contributed by atoms with Crippen molar-refractivity contribution in [1.29, 1.82) is 0 Å². The van der Waals surface area contributed by atoms with Gasteiger partial charge in [-0.1, -0.05) is 37.3 Å². The van der Waals surface area contributed by atoms with E-state index in [4.69, 9.17) is 9.47 Å². The van der Waals surface area contributed by atoms with Crippen LogP contribution in [0.3, 0.4) is 0 Å². The Hall–Kier alpha value is -2.82. The summed E-state index contributed by atoms with van der Waals surface area (Å²) in [4.78, 5) is 23.8. The first kappa shape index (κ1) is 20.5. The smallest absolute Gasteiger partial charge is 0.344 e. The number of aryl methyl sites for hydroxylation is 3. The van der Waals surface area contributed by atoms with Crippen molar-refractivity contribution in [3.05, 3.63) is 64.7 Å². The van der Waals surface area contributed by atoms with Crippen molar-refractivity contribution >= 4 is 11.9 Å². The third kappa shape index (κ3) is 6.44. The van der Waals surface area contributed by atoms with Gasteiger partial charge in [-0.3, -0.25) is 4.79 Å². The molecule has 0 saturated carbocycles. The second kappa shape index (κ2) is 9.76. The lowest BCUT2D eigenvalue weighted by Gasteiger charge is -2.15. The van der Waals surface area contributed by atoms with Gasteiger partial charge >= 0.3 is 5.97 Å². The van der Waals surface area contributed by atoms with Gasteiger partial charge in [0.15, 0.2) is 13.2 Å². The summed E-state index contributed by atoms with van der Waals surface area (Å²) in [5.41, 5.74) is 4.49. The second-order valence-electron chi connectivity index (χ2n) is 6.58. The van der Waals surface area contributed by atoms with E-state index in [1.54, 1.807) is 6.07 Å². The van der Waals surface area contributed by atoms with Crippen LogP contribution in [0.15, 0.2) is 42.5 Å². The maximum atomic E-state index is 12.0. The zero-order valence-electron chi connectivity index (χ0n) is 16.4. The number of ether oxygens (including phenoxy) is 2. The molecule has 0 spiro atoms. The maximum absolute atomic E-state index is 12.0. The quantitative estimate of drug-likeness (QED) is 0.721. The van der Waals surface area contributed by atoms with Crippen LogP contribution in [0.2, 0.25) is 0 Å². The molecule has 1 amide bonds. The number of hydrogen-bond donors (Lipinski definition) is 1. The Balaban J connectivity index is 1.73. The zero-order chi connectivity index (χ0) is 19.8. The van der Waals surface area contributed by atoms with Crippen molar-refractivity contribution < 1.29 is 19.1 Å². The highest BCUT2D eigenvalue weighted by molar-refractivity contribution is 5.81. The van der Waals surface area contributed by atoms with E-state index in [1.807, 2.05) is 57.2 Å². The first-order valence-corrected chi connectivity index (χ1v) is 9.13. The second-order valence-corrected chi connectivity index (χ2v) is 6.58. The fourth-order valence-electron chi connectivity index (χ4n) is 2.54. The predicted molar refractivity (Wildman–Crippen MR) is 105 cm³/mol. The molecule has 0 saturated heterocycles. The summed E-state index contributed by atoms with van der Waals surface area (Å²) < 4.78 is 10.4. The number of benzene rings is 2. The number of nitrogens with one attached hydrogen (secondary N) is 1. The van der Waals surface area contributed by atoms with E-state index in [1.165, 1.54) is 5.56 Å². The summed E-state index contributed by atoms with van der Waals surface area (Å²) in [5.74, 6) is -0.325. The summed E-state index contributed by atoms with van der Waals surface area (Å²) >= 11 is 0. The van der Waals surface area contributed by atoms with Crippen LogP contribution in [0.1, 0.15) is 42.1 Å². The van der Waals surface area contributed by atoms with Gasteiger partial charge in [0, 0.05) is 0 Å². The highest BCUT2D eigenvalue weighted by Crippen LogP contribution is 2.16. The molecule has 0 aliphatic rings. The Kier molecular flexibility index (Phi) is 7.41. The van der Waals surface area contributed by atoms with Crippen LogP contribution in [0.4, 0.5) is 0 Å². The molecule has 2 rings (SSSR count). The minimum absolute atomic E-state index is 0.158. The van der Waals surface area contributed by atoms with Crippen LogP contribution in [-0.2, 0) is 20.7 Å². The molecule has 0 aromatic heterocycles. The Labute approximate surface area is 160 Å².